The van der Waals surface area contributed by atoms with Gasteiger partial charge < -0.3 is 10.1 Å². The van der Waals surface area contributed by atoms with Gasteiger partial charge in [-0.05, 0) is 29.2 Å². The summed E-state index contributed by atoms with van der Waals surface area (Å²) in [6, 6.07) is 1.95. The van der Waals surface area contributed by atoms with Crippen LogP contribution in [0.3, 0.4) is 0 Å². The number of pyridine rings is 1. The molecule has 0 saturated carbocycles. The fourth-order valence-electron chi connectivity index (χ4n) is 5.94. The summed E-state index contributed by atoms with van der Waals surface area (Å²) in [5, 5.41) is 12.6. The summed E-state index contributed by atoms with van der Waals surface area (Å²) in [7, 11) is 0. The molecule has 6 nitrogen and oxygen atoms in total. The maximum absolute atomic E-state index is 14.0. The number of fused-ring (bicyclic) bond motifs is 6. The van der Waals surface area contributed by atoms with Gasteiger partial charge in [-0.25, -0.2) is 9.97 Å². The van der Waals surface area contributed by atoms with Crippen LogP contribution in [0.5, 0.6) is 5.75 Å². The topological polar surface area (TPSA) is 83.3 Å². The van der Waals surface area contributed by atoms with Crippen molar-refractivity contribution in [1.82, 2.24) is 19.4 Å². The highest BCUT2D eigenvalue weighted by molar-refractivity contribution is 5.99. The average Bonchev–Trinajstić information content (AvgIpc) is 3.15. The Hall–Kier alpha value is -2.89. The van der Waals surface area contributed by atoms with Crippen molar-refractivity contribution in [2.75, 3.05) is 0 Å². The van der Waals surface area contributed by atoms with Crippen LogP contribution in [0, 0.1) is 12.3 Å². The summed E-state index contributed by atoms with van der Waals surface area (Å²) >= 11 is 0. The van der Waals surface area contributed by atoms with Gasteiger partial charge in [0.1, 0.15) is 28.3 Å². The smallest absolute Gasteiger partial charge is 0.210 e. The third-order valence-corrected chi connectivity index (χ3v) is 8.96. The van der Waals surface area contributed by atoms with E-state index in [0.29, 0.717) is 28.1 Å². The molecular weight excluding hydrogens is 412 g/mol. The minimum atomic E-state index is -0.423. The molecule has 0 atom stereocenters. The maximum atomic E-state index is 14.0. The van der Waals surface area contributed by atoms with Crippen molar-refractivity contribution < 1.29 is 5.11 Å². The van der Waals surface area contributed by atoms with Gasteiger partial charge in [-0.2, -0.15) is 0 Å². The standard InChI is InChI=1S/C27H34N4O2/c1-13-29-17-14(11-12-28-22(17)24(2,3)4)23-30-18-19(31(13)23)21(33)16-15(20(18)32)25(5,6)27(9,10)26(16,7)8/h11-12,28,33H,1-10H3. The number of phenols is 1. The first-order valence-corrected chi connectivity index (χ1v) is 11.7. The second kappa shape index (κ2) is 5.96. The SMILES string of the molecule is Cc1nc2c(C(C)(C)C)[nH]ccc2c2nc3c(=O)c4c(c(O)c3n12)C(C)(C)C(C)(C)C4(C)C. The van der Waals surface area contributed by atoms with E-state index in [-0.39, 0.29) is 22.0 Å². The minimum absolute atomic E-state index is 0.0868. The number of aromatic hydroxyl groups is 1. The molecule has 4 aromatic rings. The predicted molar refractivity (Wildman–Crippen MR) is 134 cm³/mol. The van der Waals surface area contributed by atoms with Crippen molar-refractivity contribution in [2.24, 2.45) is 5.41 Å². The Morgan fingerprint density at radius 3 is 2.18 bits per heavy atom. The lowest BCUT2D eigenvalue weighted by Crippen LogP contribution is -2.43. The van der Waals surface area contributed by atoms with Gasteiger partial charge in [0.25, 0.3) is 0 Å². The summed E-state index contributed by atoms with van der Waals surface area (Å²) in [6.07, 6.45) is 1.89. The maximum Gasteiger partial charge on any atom is 0.210 e. The van der Waals surface area contributed by atoms with Crippen molar-refractivity contribution in [1.29, 1.82) is 0 Å². The Kier molecular flexibility index (Phi) is 3.96. The molecule has 3 aromatic heterocycles. The molecule has 174 valence electrons. The molecule has 33 heavy (non-hydrogen) atoms. The van der Waals surface area contributed by atoms with Gasteiger partial charge in [0, 0.05) is 33.8 Å². The third kappa shape index (κ3) is 2.37. The second-order valence-electron chi connectivity index (χ2n) is 12.3. The van der Waals surface area contributed by atoms with Crippen LogP contribution in [0.15, 0.2) is 17.1 Å². The van der Waals surface area contributed by atoms with E-state index in [0.717, 1.165) is 22.2 Å². The first-order chi connectivity index (χ1) is 15.0. The Labute approximate surface area is 194 Å². The van der Waals surface area contributed by atoms with Crippen LogP contribution < -0.4 is 5.43 Å². The van der Waals surface area contributed by atoms with E-state index in [4.69, 9.17) is 9.97 Å². The van der Waals surface area contributed by atoms with Gasteiger partial charge in [-0.15, -0.1) is 0 Å². The number of imidazole rings is 1. The molecule has 1 aliphatic rings. The number of nitrogens with zero attached hydrogens (tertiary/aromatic N) is 3. The number of benzene rings is 1. The van der Waals surface area contributed by atoms with Crippen LogP contribution in [-0.2, 0) is 16.2 Å². The molecule has 0 aliphatic heterocycles. The molecule has 2 N–H and O–H groups in total. The zero-order valence-corrected chi connectivity index (χ0v) is 21.4. The number of rotatable bonds is 0. The third-order valence-electron chi connectivity index (χ3n) is 8.96. The Balaban J connectivity index is 2.04. The Morgan fingerprint density at radius 1 is 0.970 bits per heavy atom. The van der Waals surface area contributed by atoms with Crippen LogP contribution in [0.4, 0.5) is 0 Å². The monoisotopic (exact) mass is 446 g/mol. The normalized spacial score (nSPS) is 19.0. The summed E-state index contributed by atoms with van der Waals surface area (Å²) < 4.78 is 1.86. The van der Waals surface area contributed by atoms with Crippen LogP contribution in [0.2, 0.25) is 0 Å². The summed E-state index contributed by atoms with van der Waals surface area (Å²) in [4.78, 5) is 27.1. The largest absolute Gasteiger partial charge is 0.505 e. The molecule has 0 saturated heterocycles. The van der Waals surface area contributed by atoms with Crippen molar-refractivity contribution in [3.05, 3.63) is 45.1 Å². The van der Waals surface area contributed by atoms with Crippen molar-refractivity contribution in [2.45, 2.75) is 85.5 Å². The number of hydrogen-bond acceptors (Lipinski definition) is 4. The molecule has 0 radical (unpaired) electrons. The lowest BCUT2D eigenvalue weighted by Gasteiger charge is -2.44. The zero-order chi connectivity index (χ0) is 24.5. The molecule has 0 fully saturated rings. The number of aromatic amines is 1. The first-order valence-electron chi connectivity index (χ1n) is 11.7. The van der Waals surface area contributed by atoms with Crippen LogP contribution >= 0.6 is 0 Å². The zero-order valence-electron chi connectivity index (χ0n) is 21.4. The van der Waals surface area contributed by atoms with E-state index in [2.05, 4.69) is 67.3 Å². The summed E-state index contributed by atoms with van der Waals surface area (Å²) in [5.74, 6) is 0.840. The van der Waals surface area contributed by atoms with E-state index >= 15 is 0 Å². The van der Waals surface area contributed by atoms with Gasteiger partial charge in [0.05, 0.1) is 5.52 Å². The van der Waals surface area contributed by atoms with Gasteiger partial charge >= 0.3 is 0 Å². The van der Waals surface area contributed by atoms with Crippen LogP contribution in [0.25, 0.3) is 27.6 Å². The van der Waals surface area contributed by atoms with E-state index in [1.807, 2.05) is 23.6 Å². The first kappa shape index (κ1) is 21.9. The summed E-state index contributed by atoms with van der Waals surface area (Å²) in [6.45, 7) is 21.1. The Bertz CT molecular complexity index is 1560. The van der Waals surface area contributed by atoms with E-state index in [1.54, 1.807) is 0 Å². The number of aromatic nitrogens is 4. The fourth-order valence-corrected chi connectivity index (χ4v) is 5.94. The molecule has 6 heteroatoms. The highest BCUT2D eigenvalue weighted by atomic mass is 16.3. The number of phenolic OH excluding ortho intramolecular Hbond substituents is 1. The fraction of sp³-hybridized carbons (Fsp3) is 0.519. The van der Waals surface area contributed by atoms with Gasteiger partial charge in [-0.1, -0.05) is 62.3 Å². The number of nitrogens with one attached hydrogen (secondary N) is 1. The lowest BCUT2D eigenvalue weighted by molar-refractivity contribution is 0.123. The number of aryl methyl sites for hydroxylation is 1. The van der Waals surface area contributed by atoms with Crippen LogP contribution in [-0.4, -0.2) is 24.5 Å². The highest BCUT2D eigenvalue weighted by Crippen LogP contribution is 2.63. The number of H-pyrrole nitrogens is 1. The van der Waals surface area contributed by atoms with Crippen molar-refractivity contribution in [3.63, 3.8) is 0 Å². The molecule has 1 aliphatic carbocycles. The number of hydrogen-bond donors (Lipinski definition) is 2. The second-order valence-corrected chi connectivity index (χ2v) is 12.3. The molecule has 0 spiro atoms. The van der Waals surface area contributed by atoms with Crippen molar-refractivity contribution in [3.8, 4) is 5.75 Å². The quantitative estimate of drug-likeness (QED) is 0.367. The Morgan fingerprint density at radius 2 is 1.58 bits per heavy atom. The molecular formula is C27H34N4O2. The average molecular weight is 447 g/mol. The van der Waals surface area contributed by atoms with E-state index in [9.17, 15) is 9.90 Å². The van der Waals surface area contributed by atoms with E-state index < -0.39 is 10.8 Å². The van der Waals surface area contributed by atoms with Crippen LogP contribution in [0.1, 0.15) is 85.0 Å². The molecule has 3 heterocycles. The predicted octanol–water partition coefficient (Wildman–Crippen LogP) is 5.63. The van der Waals surface area contributed by atoms with Crippen molar-refractivity contribution >= 4 is 27.6 Å². The molecule has 0 amide bonds. The van der Waals surface area contributed by atoms with Gasteiger partial charge in [0.15, 0.2) is 0 Å². The lowest BCUT2D eigenvalue weighted by atomic mass is 9.59. The van der Waals surface area contributed by atoms with Gasteiger partial charge in [-0.3, -0.25) is 9.20 Å². The molecule has 0 bridgehead atoms. The van der Waals surface area contributed by atoms with E-state index in [1.165, 1.54) is 0 Å². The summed E-state index contributed by atoms with van der Waals surface area (Å²) in [5.41, 5.74) is 3.41. The molecule has 5 rings (SSSR count). The van der Waals surface area contributed by atoms with Gasteiger partial charge in [0.2, 0.25) is 5.43 Å². The minimum Gasteiger partial charge on any atom is -0.505 e. The highest BCUT2D eigenvalue weighted by Gasteiger charge is 2.59. The molecule has 0 unspecified atom stereocenters. The molecule has 1 aromatic carbocycles.